The molecule has 0 radical (unpaired) electrons. The zero-order chi connectivity index (χ0) is 30.1. The topological polar surface area (TPSA) is 29.2 Å². The molecule has 0 spiro atoms. The van der Waals surface area contributed by atoms with Gasteiger partial charge in [0.05, 0.1) is 28.7 Å². The first-order valence-electron chi connectivity index (χ1n) is 15.4. The van der Waals surface area contributed by atoms with Gasteiger partial charge < -0.3 is 18.9 Å². The number of nitrogens with zero attached hydrogens (tertiary/aromatic N) is 5. The van der Waals surface area contributed by atoms with Gasteiger partial charge in [-0.3, -0.25) is 0 Å². The largest absolute Gasteiger partial charge is 0.361 e. The highest BCUT2D eigenvalue weighted by Gasteiger charge is 2.22. The average Bonchev–Trinajstić information content (AvgIpc) is 3.78. The maximum absolute atomic E-state index is 5.14. The minimum Gasteiger partial charge on any atom is -0.361 e. The molecule has 0 saturated carbocycles. The summed E-state index contributed by atoms with van der Waals surface area (Å²) >= 11 is 0. The Kier molecular flexibility index (Phi) is 5.62. The fraction of sp³-hybridized carbons (Fsp3) is 0.0750. The average molecular weight is 582 g/mol. The lowest BCUT2D eigenvalue weighted by atomic mass is 9.95. The van der Waals surface area contributed by atoms with Gasteiger partial charge in [-0.2, -0.15) is 0 Å². The maximum Gasteiger partial charge on any atom is 0.140 e. The molecule has 0 atom stereocenters. The van der Waals surface area contributed by atoms with Gasteiger partial charge in [-0.25, -0.2) is 4.98 Å². The van der Waals surface area contributed by atoms with Crippen molar-refractivity contribution in [1.29, 1.82) is 0 Å². The summed E-state index contributed by atoms with van der Waals surface area (Å²) in [6.45, 7) is 0.830. The van der Waals surface area contributed by atoms with E-state index in [1.807, 2.05) is 0 Å². The van der Waals surface area contributed by atoms with Crippen molar-refractivity contribution in [2.75, 3.05) is 18.6 Å². The zero-order valence-corrected chi connectivity index (χ0v) is 25.2. The number of hydrogen-bond acceptors (Lipinski definition) is 3. The van der Waals surface area contributed by atoms with Crippen LogP contribution in [-0.2, 0) is 7.05 Å². The van der Waals surface area contributed by atoms with E-state index in [-0.39, 0.29) is 0 Å². The molecule has 5 nitrogen and oxygen atoms in total. The fourth-order valence-corrected chi connectivity index (χ4v) is 7.07. The van der Waals surface area contributed by atoms with Crippen LogP contribution in [-0.4, -0.2) is 32.7 Å². The van der Waals surface area contributed by atoms with E-state index in [1.54, 1.807) is 0 Å². The van der Waals surface area contributed by atoms with E-state index in [4.69, 9.17) is 4.98 Å². The van der Waals surface area contributed by atoms with Gasteiger partial charge in [-0.05, 0) is 70.4 Å². The second-order valence-electron chi connectivity index (χ2n) is 12.0. The minimum absolute atomic E-state index is 0.830. The van der Waals surface area contributed by atoms with Crippen LogP contribution in [0.3, 0.4) is 0 Å². The molecular weight excluding hydrogens is 550 g/mol. The van der Waals surface area contributed by atoms with Crippen molar-refractivity contribution in [1.82, 2.24) is 19.0 Å². The molecule has 45 heavy (non-hydrogen) atoms. The molecule has 0 amide bonds. The molecule has 8 aromatic rings. The van der Waals surface area contributed by atoms with Gasteiger partial charge in [0.2, 0.25) is 0 Å². The van der Waals surface area contributed by atoms with E-state index < -0.39 is 0 Å². The van der Waals surface area contributed by atoms with Crippen LogP contribution in [0.15, 0.2) is 140 Å². The molecular formula is C40H31N5. The van der Waals surface area contributed by atoms with Crippen molar-refractivity contribution in [2.24, 2.45) is 7.05 Å². The lowest BCUT2D eigenvalue weighted by molar-refractivity contribution is 0.496. The van der Waals surface area contributed by atoms with Crippen LogP contribution in [0.5, 0.6) is 0 Å². The third-order valence-electron chi connectivity index (χ3n) is 9.18. The Bertz CT molecular complexity index is 2450. The first-order valence-corrected chi connectivity index (χ1v) is 15.4. The minimum atomic E-state index is 0.830. The molecule has 9 rings (SSSR count). The lowest BCUT2D eigenvalue weighted by Gasteiger charge is -2.19. The number of imidazole rings is 1. The van der Waals surface area contributed by atoms with Crippen LogP contribution in [0.2, 0.25) is 0 Å². The van der Waals surface area contributed by atoms with Crippen LogP contribution in [0.1, 0.15) is 0 Å². The Balaban J connectivity index is 1.43. The van der Waals surface area contributed by atoms with Gasteiger partial charge in [0, 0.05) is 54.2 Å². The summed E-state index contributed by atoms with van der Waals surface area (Å²) in [5.41, 5.74) is 10.3. The molecule has 0 unspecified atom stereocenters. The Hall–Kier alpha value is -5.81. The summed E-state index contributed by atoms with van der Waals surface area (Å²) in [5, 5.41) is 5.01. The summed E-state index contributed by atoms with van der Waals surface area (Å²) in [6, 6.07) is 46.0. The number of aromatic nitrogens is 3. The van der Waals surface area contributed by atoms with E-state index in [1.165, 1.54) is 43.9 Å². The standard InChI is InChI=1S/C40H31N5/c1-42-21-22-44(26-42)30-14-10-15-31(25-30)45-36-20-19-28-13-6-7-16-32(28)38(36)39-33(27-11-4-3-5-12-27)23-29(24-37(39)45)40-41-34-17-8-9-18-35(34)43(40)2/h3-25H,26H2,1-2H3. The molecule has 5 heteroatoms. The lowest BCUT2D eigenvalue weighted by Crippen LogP contribution is -2.21. The molecule has 0 bridgehead atoms. The molecule has 1 aliphatic heterocycles. The fourth-order valence-electron chi connectivity index (χ4n) is 7.07. The number of benzene rings is 6. The molecule has 0 N–H and O–H groups in total. The Morgan fingerprint density at radius 2 is 1.38 bits per heavy atom. The molecule has 0 fully saturated rings. The molecule has 0 saturated heterocycles. The van der Waals surface area contributed by atoms with Crippen LogP contribution in [0.25, 0.3) is 71.8 Å². The number of para-hydroxylation sites is 2. The van der Waals surface area contributed by atoms with Gasteiger partial charge >= 0.3 is 0 Å². The molecule has 216 valence electrons. The number of anilines is 1. The number of rotatable bonds is 4. The molecule has 3 heterocycles. The van der Waals surface area contributed by atoms with Crippen LogP contribution >= 0.6 is 0 Å². The maximum atomic E-state index is 5.14. The highest BCUT2D eigenvalue weighted by Crippen LogP contribution is 2.44. The summed E-state index contributed by atoms with van der Waals surface area (Å²) in [4.78, 5) is 9.61. The van der Waals surface area contributed by atoms with Crippen molar-refractivity contribution in [3.8, 4) is 28.2 Å². The highest BCUT2D eigenvalue weighted by atomic mass is 15.3. The second kappa shape index (κ2) is 9.86. The number of aryl methyl sites for hydroxylation is 1. The van der Waals surface area contributed by atoms with E-state index in [0.29, 0.717) is 0 Å². The monoisotopic (exact) mass is 581 g/mol. The van der Waals surface area contributed by atoms with E-state index in [2.05, 4.69) is 173 Å². The molecule has 0 aliphatic carbocycles. The number of hydrogen-bond donors (Lipinski definition) is 0. The van der Waals surface area contributed by atoms with Crippen molar-refractivity contribution in [3.05, 3.63) is 140 Å². The van der Waals surface area contributed by atoms with Gasteiger partial charge in [0.15, 0.2) is 0 Å². The smallest absolute Gasteiger partial charge is 0.140 e. The quantitative estimate of drug-likeness (QED) is 0.207. The van der Waals surface area contributed by atoms with Gasteiger partial charge in [-0.1, -0.05) is 78.9 Å². The van der Waals surface area contributed by atoms with E-state index in [0.717, 1.165) is 40.3 Å². The van der Waals surface area contributed by atoms with Crippen LogP contribution in [0.4, 0.5) is 5.69 Å². The summed E-state index contributed by atoms with van der Waals surface area (Å²) in [6.07, 6.45) is 4.27. The van der Waals surface area contributed by atoms with Gasteiger partial charge in [0.25, 0.3) is 0 Å². The van der Waals surface area contributed by atoms with Gasteiger partial charge in [0.1, 0.15) is 5.82 Å². The molecule has 1 aliphatic rings. The Morgan fingerprint density at radius 1 is 0.578 bits per heavy atom. The van der Waals surface area contributed by atoms with Crippen LogP contribution < -0.4 is 4.90 Å². The van der Waals surface area contributed by atoms with Gasteiger partial charge in [-0.15, -0.1) is 0 Å². The van der Waals surface area contributed by atoms with Crippen molar-refractivity contribution in [3.63, 3.8) is 0 Å². The van der Waals surface area contributed by atoms with Crippen LogP contribution in [0, 0.1) is 0 Å². The first kappa shape index (κ1) is 25.7. The second-order valence-corrected chi connectivity index (χ2v) is 12.0. The Labute approximate surface area is 261 Å². The molecule has 6 aromatic carbocycles. The normalized spacial score (nSPS) is 13.3. The van der Waals surface area contributed by atoms with E-state index in [9.17, 15) is 0 Å². The van der Waals surface area contributed by atoms with Crippen molar-refractivity contribution >= 4 is 49.3 Å². The summed E-state index contributed by atoms with van der Waals surface area (Å²) < 4.78 is 4.66. The third-order valence-corrected chi connectivity index (χ3v) is 9.18. The van der Waals surface area contributed by atoms with Crippen molar-refractivity contribution in [2.45, 2.75) is 0 Å². The highest BCUT2D eigenvalue weighted by molar-refractivity contribution is 6.25. The Morgan fingerprint density at radius 3 is 2.22 bits per heavy atom. The first-order chi connectivity index (χ1) is 22.1. The molecule has 2 aromatic heterocycles. The number of fused-ring (bicyclic) bond motifs is 6. The van der Waals surface area contributed by atoms with E-state index >= 15 is 0 Å². The van der Waals surface area contributed by atoms with Crippen molar-refractivity contribution < 1.29 is 0 Å². The predicted molar refractivity (Wildman–Crippen MR) is 188 cm³/mol. The summed E-state index contributed by atoms with van der Waals surface area (Å²) in [5.74, 6) is 0.955. The third kappa shape index (κ3) is 3.97. The summed E-state index contributed by atoms with van der Waals surface area (Å²) in [7, 11) is 4.22. The zero-order valence-electron chi connectivity index (χ0n) is 25.2. The predicted octanol–water partition coefficient (Wildman–Crippen LogP) is 9.34. The SMILES string of the molecule is CN1C=CN(c2cccc(-n3c4cc(-c5nc6ccccc6n5C)cc(-c5ccccc5)c4c4c5ccccc5ccc43)c2)C1.